The number of rotatable bonds is 3. The van der Waals surface area contributed by atoms with Gasteiger partial charge in [0.2, 0.25) is 0 Å². The Morgan fingerprint density at radius 1 is 1.00 bits per heavy atom. The van der Waals surface area contributed by atoms with Crippen molar-refractivity contribution in [1.82, 2.24) is 0 Å². The minimum Gasteiger partial charge on any atom is -0.279 e. The van der Waals surface area contributed by atoms with Gasteiger partial charge in [0.15, 0.2) is 0 Å². The Labute approximate surface area is 137 Å². The average Bonchev–Trinajstić information content (AvgIpc) is 2.30. The van der Waals surface area contributed by atoms with Crippen molar-refractivity contribution in [2.24, 2.45) is 0 Å². The molecule has 6 heteroatoms. The Morgan fingerprint density at radius 3 is 2.10 bits per heavy atom. The second-order valence-electron chi connectivity index (χ2n) is 4.93. The summed E-state index contributed by atoms with van der Waals surface area (Å²) in [5.74, 6) is -0.436. The van der Waals surface area contributed by atoms with Crippen molar-refractivity contribution in [1.29, 1.82) is 0 Å². The molecular weight excluding hydrogens is 404 g/mol. The highest BCUT2D eigenvalue weighted by Gasteiger charge is 2.21. The van der Waals surface area contributed by atoms with Crippen LogP contribution in [0.5, 0.6) is 0 Å². The maximum atomic E-state index is 13.3. The van der Waals surface area contributed by atoms with Crippen molar-refractivity contribution in [3.05, 3.63) is 56.4 Å². The predicted octanol–water partition coefficient (Wildman–Crippen LogP) is 4.16. The molecule has 2 rings (SSSR count). The Balaban J connectivity index is 2.48. The topological polar surface area (TPSA) is 46.2 Å². The third-order valence-electron chi connectivity index (χ3n) is 3.13. The minimum atomic E-state index is -3.75. The van der Waals surface area contributed by atoms with Gasteiger partial charge in [0.25, 0.3) is 10.0 Å². The lowest BCUT2D eigenvalue weighted by Crippen LogP contribution is -2.16. The Kier molecular flexibility index (Phi) is 4.57. The van der Waals surface area contributed by atoms with Crippen LogP contribution >= 0.6 is 22.6 Å². The molecule has 2 aromatic carbocycles. The van der Waals surface area contributed by atoms with E-state index in [0.717, 1.165) is 9.13 Å². The van der Waals surface area contributed by atoms with Gasteiger partial charge in [-0.05, 0) is 90.4 Å². The molecule has 0 atom stereocenters. The van der Waals surface area contributed by atoms with Gasteiger partial charge >= 0.3 is 0 Å². The van der Waals surface area contributed by atoms with Crippen molar-refractivity contribution in [3.63, 3.8) is 0 Å². The number of nitrogens with one attached hydrogen (secondary N) is 1. The first kappa shape index (κ1) is 16.2. The highest BCUT2D eigenvalue weighted by Crippen LogP contribution is 2.26. The van der Waals surface area contributed by atoms with E-state index in [1.54, 1.807) is 19.9 Å². The number of aryl methyl sites for hydroxylation is 3. The Bertz CT molecular complexity index is 780. The van der Waals surface area contributed by atoms with Crippen LogP contribution in [-0.4, -0.2) is 8.42 Å². The van der Waals surface area contributed by atoms with Crippen molar-refractivity contribution in [3.8, 4) is 0 Å². The first-order valence-electron chi connectivity index (χ1n) is 6.26. The van der Waals surface area contributed by atoms with Crippen molar-refractivity contribution in [2.45, 2.75) is 25.7 Å². The van der Waals surface area contributed by atoms with E-state index < -0.39 is 15.8 Å². The molecule has 0 fully saturated rings. The van der Waals surface area contributed by atoms with Crippen LogP contribution in [0.2, 0.25) is 0 Å². The third-order valence-corrected chi connectivity index (χ3v) is 5.47. The van der Waals surface area contributed by atoms with Crippen LogP contribution in [0.25, 0.3) is 0 Å². The number of halogens is 2. The van der Waals surface area contributed by atoms with Gasteiger partial charge in [0.05, 0.1) is 10.6 Å². The highest BCUT2D eigenvalue weighted by atomic mass is 127. The molecule has 3 nitrogen and oxygen atoms in total. The summed E-state index contributed by atoms with van der Waals surface area (Å²) in [7, 11) is -3.75. The highest BCUT2D eigenvalue weighted by molar-refractivity contribution is 14.1. The standard InChI is InChI=1S/C15H15FINO2S/c1-9-8-13(17)4-5-14(9)18-21(19,20)15-10(2)6-12(16)7-11(15)3/h4-8,18H,1-3H3. The summed E-state index contributed by atoms with van der Waals surface area (Å²) in [6.07, 6.45) is 0. The van der Waals surface area contributed by atoms with Gasteiger partial charge in [-0.2, -0.15) is 0 Å². The molecule has 0 aromatic heterocycles. The monoisotopic (exact) mass is 419 g/mol. The molecule has 0 unspecified atom stereocenters. The number of anilines is 1. The van der Waals surface area contributed by atoms with Gasteiger partial charge in [-0.25, -0.2) is 12.8 Å². The van der Waals surface area contributed by atoms with Crippen molar-refractivity contribution in [2.75, 3.05) is 4.72 Å². The van der Waals surface area contributed by atoms with Crippen LogP contribution in [0.1, 0.15) is 16.7 Å². The molecule has 112 valence electrons. The van der Waals surface area contributed by atoms with Crippen LogP contribution in [0.4, 0.5) is 10.1 Å². The van der Waals surface area contributed by atoms with Gasteiger partial charge in [0.1, 0.15) is 5.82 Å². The molecule has 21 heavy (non-hydrogen) atoms. The first-order valence-corrected chi connectivity index (χ1v) is 8.82. The maximum Gasteiger partial charge on any atom is 0.262 e. The smallest absolute Gasteiger partial charge is 0.262 e. The molecule has 0 saturated carbocycles. The molecule has 0 bridgehead atoms. The van der Waals surface area contributed by atoms with Crippen LogP contribution in [0.3, 0.4) is 0 Å². The van der Waals surface area contributed by atoms with Crippen LogP contribution in [0.15, 0.2) is 35.2 Å². The van der Waals surface area contributed by atoms with E-state index in [1.165, 1.54) is 12.1 Å². The fraction of sp³-hybridized carbons (Fsp3) is 0.200. The maximum absolute atomic E-state index is 13.3. The van der Waals surface area contributed by atoms with Crippen molar-refractivity contribution < 1.29 is 12.8 Å². The van der Waals surface area contributed by atoms with E-state index in [0.29, 0.717) is 16.8 Å². The lowest BCUT2D eigenvalue weighted by molar-refractivity contribution is 0.597. The summed E-state index contributed by atoms with van der Waals surface area (Å²) >= 11 is 2.17. The first-order chi connectivity index (χ1) is 9.70. The quantitative estimate of drug-likeness (QED) is 0.760. The molecular formula is C15H15FINO2S. The van der Waals surface area contributed by atoms with Gasteiger partial charge in [-0.1, -0.05) is 0 Å². The molecule has 2 aromatic rings. The molecule has 0 amide bonds. The van der Waals surface area contributed by atoms with Gasteiger partial charge < -0.3 is 0 Å². The van der Waals surface area contributed by atoms with Gasteiger partial charge in [-0.3, -0.25) is 4.72 Å². The Morgan fingerprint density at radius 2 is 1.57 bits per heavy atom. The van der Waals surface area contributed by atoms with Crippen LogP contribution < -0.4 is 4.72 Å². The lowest BCUT2D eigenvalue weighted by atomic mass is 10.1. The van der Waals surface area contributed by atoms with Crippen molar-refractivity contribution >= 4 is 38.3 Å². The van der Waals surface area contributed by atoms with Crippen LogP contribution in [0, 0.1) is 30.2 Å². The fourth-order valence-electron chi connectivity index (χ4n) is 2.26. The molecule has 0 aliphatic carbocycles. The summed E-state index contributed by atoms with van der Waals surface area (Å²) in [6, 6.07) is 7.89. The summed E-state index contributed by atoms with van der Waals surface area (Å²) in [4.78, 5) is 0.127. The summed E-state index contributed by atoms with van der Waals surface area (Å²) in [5.41, 5.74) is 2.15. The molecule has 0 saturated heterocycles. The Hall–Kier alpha value is -1.15. The zero-order valence-corrected chi connectivity index (χ0v) is 14.8. The predicted molar refractivity (Wildman–Crippen MR) is 90.6 cm³/mol. The van der Waals surface area contributed by atoms with E-state index in [2.05, 4.69) is 27.3 Å². The number of hydrogen-bond acceptors (Lipinski definition) is 2. The van der Waals surface area contributed by atoms with Gasteiger partial charge in [-0.15, -0.1) is 0 Å². The number of sulfonamides is 1. The number of benzene rings is 2. The van der Waals surface area contributed by atoms with E-state index in [4.69, 9.17) is 0 Å². The normalized spacial score (nSPS) is 11.5. The van der Waals surface area contributed by atoms with E-state index in [9.17, 15) is 12.8 Å². The fourth-order valence-corrected chi connectivity index (χ4v) is 4.49. The second-order valence-corrected chi connectivity index (χ2v) is 7.80. The molecule has 1 N–H and O–H groups in total. The van der Waals surface area contributed by atoms with E-state index in [1.807, 2.05) is 19.1 Å². The lowest BCUT2D eigenvalue weighted by Gasteiger charge is -2.14. The molecule has 0 aliphatic heterocycles. The van der Waals surface area contributed by atoms with Gasteiger partial charge in [0, 0.05) is 3.57 Å². The molecule has 0 radical (unpaired) electrons. The zero-order chi connectivity index (χ0) is 15.8. The molecule has 0 spiro atoms. The number of hydrogen-bond donors (Lipinski definition) is 1. The van der Waals surface area contributed by atoms with Crippen LogP contribution in [-0.2, 0) is 10.0 Å². The second kappa shape index (κ2) is 5.92. The van der Waals surface area contributed by atoms with E-state index >= 15 is 0 Å². The molecule has 0 heterocycles. The zero-order valence-electron chi connectivity index (χ0n) is 11.9. The molecule has 0 aliphatic rings. The average molecular weight is 419 g/mol. The van der Waals surface area contributed by atoms with E-state index in [-0.39, 0.29) is 4.90 Å². The SMILES string of the molecule is Cc1cc(I)ccc1NS(=O)(=O)c1c(C)cc(F)cc1C. The largest absolute Gasteiger partial charge is 0.279 e. The summed E-state index contributed by atoms with van der Waals surface area (Å²) < 4.78 is 42.0. The summed E-state index contributed by atoms with van der Waals surface area (Å²) in [5, 5.41) is 0. The minimum absolute atomic E-state index is 0.127. The third kappa shape index (κ3) is 3.55. The summed E-state index contributed by atoms with van der Waals surface area (Å²) in [6.45, 7) is 5.02.